The summed E-state index contributed by atoms with van der Waals surface area (Å²) in [6, 6.07) is 10.9. The van der Waals surface area contributed by atoms with Crippen LogP contribution in [0.4, 0.5) is 0 Å². The third-order valence-corrected chi connectivity index (χ3v) is 6.13. The fourth-order valence-electron chi connectivity index (χ4n) is 3.36. The first-order valence-electron chi connectivity index (χ1n) is 8.40. The smallest absolute Gasteiger partial charge is 0.330 e. The van der Waals surface area contributed by atoms with Crippen LogP contribution in [0.3, 0.4) is 0 Å². The van der Waals surface area contributed by atoms with Crippen molar-refractivity contribution in [3.8, 4) is 6.07 Å². The fraction of sp³-hybridized carbons (Fsp3) is 0.444. The highest BCUT2D eigenvalue weighted by atomic mass is 32.2. The number of fused-ring (bicyclic) bond motifs is 1. The quantitative estimate of drug-likeness (QED) is 0.593. The van der Waals surface area contributed by atoms with E-state index in [1.807, 2.05) is 36.4 Å². The van der Waals surface area contributed by atoms with Gasteiger partial charge in [0.15, 0.2) is 6.61 Å². The number of esters is 1. The number of carbonyl (C=O) groups is 3. The van der Waals surface area contributed by atoms with Crippen molar-refractivity contribution in [2.45, 2.75) is 30.2 Å². The lowest BCUT2D eigenvalue weighted by Crippen LogP contribution is -2.47. The molecule has 8 heteroatoms. The Labute approximate surface area is 155 Å². The minimum absolute atomic E-state index is 0.0701. The molecule has 2 atom stereocenters. The van der Waals surface area contributed by atoms with Crippen molar-refractivity contribution < 1.29 is 19.1 Å². The monoisotopic (exact) mass is 373 g/mol. The second kappa shape index (κ2) is 7.79. The first kappa shape index (κ1) is 18.3. The van der Waals surface area contributed by atoms with Crippen molar-refractivity contribution in [1.82, 2.24) is 10.2 Å². The van der Waals surface area contributed by atoms with E-state index in [4.69, 9.17) is 10.00 Å². The van der Waals surface area contributed by atoms with Crippen molar-refractivity contribution in [3.63, 3.8) is 0 Å². The number of hydrogen-bond acceptors (Lipinski definition) is 6. The van der Waals surface area contributed by atoms with Gasteiger partial charge in [-0.2, -0.15) is 5.26 Å². The first-order valence-corrected chi connectivity index (χ1v) is 9.39. The Kier molecular flexibility index (Phi) is 5.47. The van der Waals surface area contributed by atoms with Crippen LogP contribution in [0.25, 0.3) is 0 Å². The van der Waals surface area contributed by atoms with Crippen molar-refractivity contribution in [3.05, 3.63) is 35.9 Å². The van der Waals surface area contributed by atoms with Crippen molar-refractivity contribution in [2.75, 3.05) is 18.9 Å². The predicted molar refractivity (Wildman–Crippen MR) is 94.6 cm³/mol. The van der Waals surface area contributed by atoms with Crippen molar-refractivity contribution in [1.29, 1.82) is 5.26 Å². The summed E-state index contributed by atoms with van der Waals surface area (Å²) in [7, 11) is 0. The molecule has 0 radical (unpaired) electrons. The third kappa shape index (κ3) is 3.40. The van der Waals surface area contributed by atoms with Crippen LogP contribution >= 0.6 is 11.8 Å². The number of rotatable bonds is 6. The van der Waals surface area contributed by atoms with Gasteiger partial charge in [-0.25, -0.2) is 4.79 Å². The van der Waals surface area contributed by atoms with Gasteiger partial charge >= 0.3 is 5.97 Å². The number of hydrogen-bond donors (Lipinski definition) is 1. The summed E-state index contributed by atoms with van der Waals surface area (Å²) in [5, 5.41) is 10.9. The van der Waals surface area contributed by atoms with Gasteiger partial charge in [0.25, 0.3) is 5.91 Å². The Balaban J connectivity index is 1.66. The number of benzene rings is 1. The number of ether oxygens (including phenoxy) is 1. The van der Waals surface area contributed by atoms with Crippen LogP contribution in [0, 0.1) is 11.3 Å². The van der Waals surface area contributed by atoms with Crippen molar-refractivity contribution in [2.24, 2.45) is 0 Å². The van der Waals surface area contributed by atoms with Crippen LogP contribution in [0.15, 0.2) is 30.3 Å². The van der Waals surface area contributed by atoms with Gasteiger partial charge in [-0.1, -0.05) is 30.3 Å². The van der Waals surface area contributed by atoms with E-state index < -0.39 is 29.4 Å². The SMILES string of the molecule is N#CCCNC(=O)COC(=O)[C@H]1CS[C@]2(c3ccccc3)CCC(=O)N12. The Bertz CT molecular complexity index is 749. The molecule has 0 spiro atoms. The molecule has 0 bridgehead atoms. The standard InChI is InChI=1S/C18H19N3O4S/c19-9-4-10-20-15(22)11-25-17(24)14-12-26-18(8-7-16(23)21(14)18)13-5-2-1-3-6-13/h1-3,5-6,14H,4,7-8,10-12H2,(H,20,22)/t14-,18+/m1/s1. The van der Waals surface area contributed by atoms with Gasteiger partial charge < -0.3 is 15.0 Å². The molecule has 26 heavy (non-hydrogen) atoms. The first-order chi connectivity index (χ1) is 12.6. The normalized spacial score (nSPS) is 24.0. The Morgan fingerprint density at radius 2 is 2.15 bits per heavy atom. The zero-order chi connectivity index (χ0) is 18.6. The molecule has 136 valence electrons. The minimum Gasteiger partial charge on any atom is -0.454 e. The Hall–Kier alpha value is -2.53. The Morgan fingerprint density at radius 1 is 1.38 bits per heavy atom. The number of nitrogens with one attached hydrogen (secondary N) is 1. The van der Waals surface area contributed by atoms with Gasteiger partial charge in [0.05, 0.1) is 12.5 Å². The molecule has 0 aliphatic carbocycles. The summed E-state index contributed by atoms with van der Waals surface area (Å²) in [6.07, 6.45) is 1.24. The summed E-state index contributed by atoms with van der Waals surface area (Å²) in [4.78, 5) is 37.7. The molecule has 2 heterocycles. The molecular formula is C18H19N3O4S. The van der Waals surface area contributed by atoms with E-state index in [2.05, 4.69) is 5.32 Å². The molecule has 1 aromatic rings. The summed E-state index contributed by atoms with van der Waals surface area (Å²) in [5.74, 6) is -0.656. The minimum atomic E-state index is -0.692. The third-order valence-electron chi connectivity index (χ3n) is 4.53. The predicted octanol–water partition coefficient (Wildman–Crippen LogP) is 1.15. The zero-order valence-corrected chi connectivity index (χ0v) is 15.0. The van der Waals surface area contributed by atoms with Crippen LogP contribution in [0.1, 0.15) is 24.8 Å². The number of nitrogens with zero attached hydrogens (tertiary/aromatic N) is 2. The lowest BCUT2D eigenvalue weighted by Gasteiger charge is -2.33. The summed E-state index contributed by atoms with van der Waals surface area (Å²) in [6.45, 7) is -0.195. The lowest BCUT2D eigenvalue weighted by molar-refractivity contribution is -0.156. The Morgan fingerprint density at radius 3 is 2.88 bits per heavy atom. The molecule has 1 aromatic carbocycles. The molecule has 0 saturated carbocycles. The second-order valence-corrected chi connectivity index (χ2v) is 7.40. The molecule has 3 rings (SSSR count). The zero-order valence-electron chi connectivity index (χ0n) is 14.1. The van der Waals surface area contributed by atoms with Gasteiger partial charge in [-0.15, -0.1) is 11.8 Å². The highest BCUT2D eigenvalue weighted by molar-refractivity contribution is 8.00. The molecule has 2 amide bonds. The molecule has 2 aliphatic heterocycles. The highest BCUT2D eigenvalue weighted by Gasteiger charge is 2.57. The topological polar surface area (TPSA) is 99.5 Å². The lowest BCUT2D eigenvalue weighted by atomic mass is 10.0. The molecule has 2 aliphatic rings. The number of nitriles is 1. The molecule has 0 aromatic heterocycles. The van der Waals surface area contributed by atoms with E-state index in [1.165, 1.54) is 0 Å². The highest BCUT2D eigenvalue weighted by Crippen LogP contribution is 2.54. The maximum absolute atomic E-state index is 12.5. The largest absolute Gasteiger partial charge is 0.454 e. The van der Waals surface area contributed by atoms with E-state index in [1.54, 1.807) is 16.7 Å². The molecular weight excluding hydrogens is 354 g/mol. The van der Waals surface area contributed by atoms with Crippen LogP contribution < -0.4 is 5.32 Å². The van der Waals surface area contributed by atoms with Gasteiger partial charge in [0, 0.05) is 18.7 Å². The van der Waals surface area contributed by atoms with Crippen LogP contribution in [-0.2, 0) is 24.0 Å². The second-order valence-electron chi connectivity index (χ2n) is 6.11. The van der Waals surface area contributed by atoms with E-state index >= 15 is 0 Å². The van der Waals surface area contributed by atoms with Crippen molar-refractivity contribution >= 4 is 29.5 Å². The molecule has 2 fully saturated rings. The van der Waals surface area contributed by atoms with Gasteiger partial charge in [0.2, 0.25) is 5.91 Å². The summed E-state index contributed by atoms with van der Waals surface area (Å²) >= 11 is 1.57. The molecule has 1 N–H and O–H groups in total. The van der Waals surface area contributed by atoms with Crippen LogP contribution in [0.5, 0.6) is 0 Å². The number of carbonyl (C=O) groups excluding carboxylic acids is 3. The maximum atomic E-state index is 12.5. The van der Waals surface area contributed by atoms with Gasteiger partial charge in [-0.05, 0) is 12.0 Å². The van der Waals surface area contributed by atoms with E-state index in [0.29, 0.717) is 18.6 Å². The molecule has 2 saturated heterocycles. The molecule has 0 unspecified atom stereocenters. The van der Waals surface area contributed by atoms with Crippen LogP contribution in [0.2, 0.25) is 0 Å². The van der Waals surface area contributed by atoms with E-state index in [-0.39, 0.29) is 18.9 Å². The van der Waals surface area contributed by atoms with E-state index in [0.717, 1.165) is 5.56 Å². The fourth-order valence-corrected chi connectivity index (χ4v) is 4.99. The van der Waals surface area contributed by atoms with Gasteiger partial charge in [-0.3, -0.25) is 9.59 Å². The summed E-state index contributed by atoms with van der Waals surface area (Å²) < 4.78 is 5.11. The number of thioether (sulfide) groups is 1. The molecule has 7 nitrogen and oxygen atoms in total. The van der Waals surface area contributed by atoms with Crippen LogP contribution in [-0.4, -0.2) is 47.6 Å². The van der Waals surface area contributed by atoms with Gasteiger partial charge in [0.1, 0.15) is 10.9 Å². The average Bonchev–Trinajstić information content (AvgIpc) is 3.20. The van der Waals surface area contributed by atoms with E-state index in [9.17, 15) is 14.4 Å². The summed E-state index contributed by atoms with van der Waals surface area (Å²) in [5.41, 5.74) is 1.00. The maximum Gasteiger partial charge on any atom is 0.330 e. The average molecular weight is 373 g/mol. The number of amides is 2.